The Kier molecular flexibility index (Phi) is 4.09. The number of nitrogens with zero attached hydrogens (tertiary/aromatic N) is 4. The molecule has 6 nitrogen and oxygen atoms in total. The molecule has 0 spiro atoms. The maximum Gasteiger partial charge on any atom is 0.179 e. The Morgan fingerprint density at radius 3 is 2.89 bits per heavy atom. The van der Waals surface area contributed by atoms with Gasteiger partial charge >= 0.3 is 0 Å². The molecule has 0 aliphatic carbocycles. The Hall–Kier alpha value is -1.69. The Bertz CT molecular complexity index is 502. The predicted octanol–water partition coefficient (Wildman–Crippen LogP) is 1.18. The highest BCUT2D eigenvalue weighted by Gasteiger charge is 2.13. The van der Waals surface area contributed by atoms with Crippen LogP contribution in [0, 0.1) is 0 Å². The van der Waals surface area contributed by atoms with E-state index >= 15 is 0 Å². The molecule has 18 heavy (non-hydrogen) atoms. The molecule has 0 fully saturated rings. The summed E-state index contributed by atoms with van der Waals surface area (Å²) in [5, 5.41) is 20.7. The maximum absolute atomic E-state index is 9.05. The summed E-state index contributed by atoms with van der Waals surface area (Å²) in [5.41, 5.74) is 1.89. The van der Waals surface area contributed by atoms with Crippen molar-refractivity contribution >= 4 is 0 Å². The van der Waals surface area contributed by atoms with Crippen LogP contribution in [0.3, 0.4) is 0 Å². The fraction of sp³-hybridized carbons (Fsp3) is 0.583. The van der Waals surface area contributed by atoms with E-state index in [9.17, 15) is 0 Å². The van der Waals surface area contributed by atoms with E-state index in [-0.39, 0.29) is 6.61 Å². The molecule has 0 saturated carbocycles. The molecule has 0 amide bonds. The second-order valence-corrected chi connectivity index (χ2v) is 4.18. The second kappa shape index (κ2) is 5.77. The lowest BCUT2D eigenvalue weighted by Gasteiger charge is -1.99. The third kappa shape index (κ3) is 2.59. The number of aliphatic hydroxyl groups is 1. The van der Waals surface area contributed by atoms with Crippen molar-refractivity contribution in [3.05, 3.63) is 17.6 Å². The van der Waals surface area contributed by atoms with Crippen LogP contribution in [-0.4, -0.2) is 36.7 Å². The lowest BCUT2D eigenvalue weighted by Crippen LogP contribution is -2.06. The van der Waals surface area contributed by atoms with E-state index in [0.717, 1.165) is 42.3 Å². The van der Waals surface area contributed by atoms with Crippen LogP contribution in [0.25, 0.3) is 11.5 Å². The van der Waals surface area contributed by atoms with Gasteiger partial charge in [0.2, 0.25) is 0 Å². The number of hydrogen-bond acceptors (Lipinski definition) is 4. The topological polar surface area (TPSA) is 79.6 Å². The van der Waals surface area contributed by atoms with Gasteiger partial charge in [-0.2, -0.15) is 10.2 Å². The van der Waals surface area contributed by atoms with Gasteiger partial charge in [-0.05, 0) is 12.5 Å². The number of nitrogens with one attached hydrogen (secondary N) is 1. The van der Waals surface area contributed by atoms with Crippen LogP contribution < -0.4 is 0 Å². The van der Waals surface area contributed by atoms with Crippen molar-refractivity contribution in [2.24, 2.45) is 0 Å². The van der Waals surface area contributed by atoms with Crippen LogP contribution in [-0.2, 0) is 19.4 Å². The fourth-order valence-electron chi connectivity index (χ4n) is 1.85. The minimum Gasteiger partial charge on any atom is -0.394 e. The van der Waals surface area contributed by atoms with Crippen molar-refractivity contribution in [3.8, 4) is 11.5 Å². The van der Waals surface area contributed by atoms with Crippen LogP contribution in [0.5, 0.6) is 0 Å². The molecule has 0 atom stereocenters. The average Bonchev–Trinajstić information content (AvgIpc) is 2.96. The van der Waals surface area contributed by atoms with E-state index in [1.807, 2.05) is 13.0 Å². The van der Waals surface area contributed by atoms with Crippen LogP contribution >= 0.6 is 0 Å². The van der Waals surface area contributed by atoms with Crippen molar-refractivity contribution in [3.63, 3.8) is 0 Å². The monoisotopic (exact) mass is 249 g/mol. The highest BCUT2D eigenvalue weighted by Crippen LogP contribution is 2.16. The molecular weight excluding hydrogens is 230 g/mol. The van der Waals surface area contributed by atoms with Gasteiger partial charge < -0.3 is 5.11 Å². The summed E-state index contributed by atoms with van der Waals surface area (Å²) in [4.78, 5) is 4.45. The zero-order valence-electron chi connectivity index (χ0n) is 10.8. The molecule has 98 valence electrons. The smallest absolute Gasteiger partial charge is 0.179 e. The Morgan fingerprint density at radius 2 is 2.22 bits per heavy atom. The van der Waals surface area contributed by atoms with Crippen LogP contribution in [0.4, 0.5) is 0 Å². The molecule has 0 aliphatic heterocycles. The van der Waals surface area contributed by atoms with Gasteiger partial charge in [0.1, 0.15) is 5.69 Å². The standard InChI is InChI=1S/C12H19N5O/c1-3-5-9-8-10(15-14-9)12-13-11(4-2)16-17(12)6-7-18/h8,18H,3-7H2,1-2H3,(H,14,15). The molecule has 0 unspecified atom stereocenters. The fourth-order valence-corrected chi connectivity index (χ4v) is 1.85. The van der Waals surface area contributed by atoms with Gasteiger partial charge in [-0.25, -0.2) is 9.67 Å². The molecule has 0 aliphatic rings. The molecule has 0 radical (unpaired) electrons. The number of H-pyrrole nitrogens is 1. The lowest BCUT2D eigenvalue weighted by molar-refractivity contribution is 0.270. The summed E-state index contributed by atoms with van der Waals surface area (Å²) in [7, 11) is 0. The van der Waals surface area contributed by atoms with Crippen molar-refractivity contribution in [2.75, 3.05) is 6.61 Å². The molecule has 0 saturated heterocycles. The van der Waals surface area contributed by atoms with Crippen molar-refractivity contribution in [1.29, 1.82) is 0 Å². The number of aliphatic hydroxyl groups excluding tert-OH is 1. The first kappa shape index (κ1) is 12.8. The lowest BCUT2D eigenvalue weighted by atomic mass is 10.2. The molecule has 2 rings (SSSR count). The zero-order valence-corrected chi connectivity index (χ0v) is 10.8. The van der Waals surface area contributed by atoms with E-state index in [4.69, 9.17) is 5.11 Å². The molecule has 6 heteroatoms. The van der Waals surface area contributed by atoms with Crippen molar-refractivity contribution in [1.82, 2.24) is 25.0 Å². The number of aryl methyl sites for hydroxylation is 2. The summed E-state index contributed by atoms with van der Waals surface area (Å²) in [5.74, 6) is 1.50. The molecule has 2 N–H and O–H groups in total. The summed E-state index contributed by atoms with van der Waals surface area (Å²) in [6, 6.07) is 2.00. The molecule has 2 heterocycles. The first-order chi connectivity index (χ1) is 8.78. The number of aromatic nitrogens is 5. The Morgan fingerprint density at radius 1 is 1.39 bits per heavy atom. The van der Waals surface area contributed by atoms with Crippen molar-refractivity contribution in [2.45, 2.75) is 39.7 Å². The molecular formula is C12H19N5O. The van der Waals surface area contributed by atoms with Gasteiger partial charge in [0.15, 0.2) is 11.6 Å². The summed E-state index contributed by atoms with van der Waals surface area (Å²) < 4.78 is 1.71. The van der Waals surface area contributed by atoms with Crippen LogP contribution in [0.2, 0.25) is 0 Å². The summed E-state index contributed by atoms with van der Waals surface area (Å²) in [6.45, 7) is 4.63. The third-order valence-corrected chi connectivity index (χ3v) is 2.72. The maximum atomic E-state index is 9.05. The minimum absolute atomic E-state index is 0.0474. The van der Waals surface area contributed by atoms with E-state index in [1.54, 1.807) is 4.68 Å². The van der Waals surface area contributed by atoms with Crippen molar-refractivity contribution < 1.29 is 5.11 Å². The highest BCUT2D eigenvalue weighted by atomic mass is 16.3. The van der Waals surface area contributed by atoms with Gasteiger partial charge in [0.05, 0.1) is 13.2 Å². The van der Waals surface area contributed by atoms with E-state index in [2.05, 4.69) is 27.2 Å². The van der Waals surface area contributed by atoms with Gasteiger partial charge in [0, 0.05) is 12.1 Å². The van der Waals surface area contributed by atoms with E-state index in [1.165, 1.54) is 0 Å². The first-order valence-corrected chi connectivity index (χ1v) is 6.37. The molecule has 0 aromatic carbocycles. The normalized spacial score (nSPS) is 11.1. The Balaban J connectivity index is 2.31. The van der Waals surface area contributed by atoms with Crippen LogP contribution in [0.1, 0.15) is 31.8 Å². The minimum atomic E-state index is 0.0474. The largest absolute Gasteiger partial charge is 0.394 e. The van der Waals surface area contributed by atoms with Gasteiger partial charge in [-0.15, -0.1) is 0 Å². The quantitative estimate of drug-likeness (QED) is 0.805. The molecule has 2 aromatic rings. The number of aromatic amines is 1. The van der Waals surface area contributed by atoms with Gasteiger partial charge in [0.25, 0.3) is 0 Å². The summed E-state index contributed by atoms with van der Waals surface area (Å²) in [6.07, 6.45) is 2.82. The first-order valence-electron chi connectivity index (χ1n) is 6.37. The average molecular weight is 249 g/mol. The number of rotatable bonds is 6. The second-order valence-electron chi connectivity index (χ2n) is 4.18. The van der Waals surface area contributed by atoms with E-state index < -0.39 is 0 Å². The zero-order chi connectivity index (χ0) is 13.0. The Labute approximate surface area is 106 Å². The van der Waals surface area contributed by atoms with Gasteiger partial charge in [-0.3, -0.25) is 5.10 Å². The number of hydrogen-bond donors (Lipinski definition) is 2. The summed E-state index contributed by atoms with van der Waals surface area (Å²) >= 11 is 0. The van der Waals surface area contributed by atoms with E-state index in [0.29, 0.717) is 6.54 Å². The van der Waals surface area contributed by atoms with Gasteiger partial charge in [-0.1, -0.05) is 20.3 Å². The SMILES string of the molecule is CCCc1cc(-c2nc(CC)nn2CCO)n[nH]1. The molecule has 0 bridgehead atoms. The third-order valence-electron chi connectivity index (χ3n) is 2.72. The predicted molar refractivity (Wildman–Crippen MR) is 68.1 cm³/mol. The molecule has 2 aromatic heterocycles. The highest BCUT2D eigenvalue weighted by molar-refractivity contribution is 5.49. The van der Waals surface area contributed by atoms with Crippen LogP contribution in [0.15, 0.2) is 6.07 Å².